The van der Waals surface area contributed by atoms with Gasteiger partial charge in [0.25, 0.3) is 0 Å². The van der Waals surface area contributed by atoms with Crippen molar-refractivity contribution in [3.63, 3.8) is 0 Å². The van der Waals surface area contributed by atoms with Gasteiger partial charge in [-0.3, -0.25) is 0 Å². The minimum atomic E-state index is 0.0516. The van der Waals surface area contributed by atoms with Gasteiger partial charge in [0.2, 0.25) is 5.75 Å². The summed E-state index contributed by atoms with van der Waals surface area (Å²) in [6.45, 7) is 0. The van der Waals surface area contributed by atoms with Crippen LogP contribution in [0.15, 0.2) is 12.1 Å². The first kappa shape index (κ1) is 14.5. The SMILES string of the molecule is COc1ccc([C@H]2CCCC[C@@H]2C#N)c(OC)c1OC. The molecular weight excluding hydrogens is 254 g/mol. The number of hydrogen-bond acceptors (Lipinski definition) is 4. The molecule has 1 aromatic carbocycles. The van der Waals surface area contributed by atoms with E-state index < -0.39 is 0 Å². The molecule has 0 saturated heterocycles. The quantitative estimate of drug-likeness (QED) is 0.843. The molecular formula is C16H21NO3. The van der Waals surface area contributed by atoms with Crippen molar-refractivity contribution in [1.29, 1.82) is 5.26 Å². The zero-order valence-corrected chi connectivity index (χ0v) is 12.3. The van der Waals surface area contributed by atoms with Gasteiger partial charge in [0.1, 0.15) is 0 Å². The Morgan fingerprint density at radius 1 is 1.00 bits per heavy atom. The lowest BCUT2D eigenvalue weighted by atomic mass is 9.76. The Balaban J connectivity index is 2.48. The lowest BCUT2D eigenvalue weighted by molar-refractivity contribution is 0.310. The highest BCUT2D eigenvalue weighted by atomic mass is 16.5. The second-order valence-electron chi connectivity index (χ2n) is 5.05. The first-order chi connectivity index (χ1) is 9.76. The third kappa shape index (κ3) is 2.53. The van der Waals surface area contributed by atoms with Crippen LogP contribution < -0.4 is 14.2 Å². The lowest BCUT2D eigenvalue weighted by Crippen LogP contribution is -2.17. The summed E-state index contributed by atoms with van der Waals surface area (Å²) >= 11 is 0. The molecule has 20 heavy (non-hydrogen) atoms. The largest absolute Gasteiger partial charge is 0.493 e. The molecule has 0 aromatic heterocycles. The Morgan fingerprint density at radius 3 is 2.30 bits per heavy atom. The number of ether oxygens (including phenoxy) is 3. The molecule has 0 aliphatic heterocycles. The molecule has 2 rings (SSSR count). The van der Waals surface area contributed by atoms with Gasteiger partial charge in [-0.25, -0.2) is 0 Å². The Labute approximate surface area is 120 Å². The van der Waals surface area contributed by atoms with Crippen molar-refractivity contribution in [3.05, 3.63) is 17.7 Å². The molecule has 4 nitrogen and oxygen atoms in total. The average Bonchev–Trinajstić information content (AvgIpc) is 2.53. The first-order valence-corrected chi connectivity index (χ1v) is 6.95. The van der Waals surface area contributed by atoms with Gasteiger partial charge in [-0.2, -0.15) is 5.26 Å². The second-order valence-corrected chi connectivity index (χ2v) is 5.05. The first-order valence-electron chi connectivity index (χ1n) is 6.95. The van der Waals surface area contributed by atoms with Gasteiger partial charge in [-0.15, -0.1) is 0 Å². The monoisotopic (exact) mass is 275 g/mol. The van der Waals surface area contributed by atoms with E-state index in [1.54, 1.807) is 21.3 Å². The normalized spacial score (nSPS) is 21.9. The van der Waals surface area contributed by atoms with Crippen molar-refractivity contribution in [2.24, 2.45) is 5.92 Å². The molecule has 1 saturated carbocycles. The van der Waals surface area contributed by atoms with Crippen LogP contribution in [0.4, 0.5) is 0 Å². The van der Waals surface area contributed by atoms with Crippen LogP contribution in [0.1, 0.15) is 37.2 Å². The summed E-state index contributed by atoms with van der Waals surface area (Å²) in [5.74, 6) is 2.21. The fourth-order valence-corrected chi connectivity index (χ4v) is 3.07. The van der Waals surface area contributed by atoms with Gasteiger partial charge in [0, 0.05) is 11.5 Å². The van der Waals surface area contributed by atoms with E-state index in [9.17, 15) is 5.26 Å². The summed E-state index contributed by atoms with van der Waals surface area (Å²) in [7, 11) is 4.84. The van der Waals surface area contributed by atoms with E-state index in [0.717, 1.165) is 31.2 Å². The van der Waals surface area contributed by atoms with E-state index >= 15 is 0 Å². The van der Waals surface area contributed by atoms with Crippen LogP contribution >= 0.6 is 0 Å². The standard InChI is InChI=1S/C16H21NO3/c1-18-14-9-8-13(15(19-2)16(14)20-3)12-7-5-4-6-11(12)10-17/h8-9,11-12H,4-7H2,1-3H3/t11-,12+/m1/s1. The van der Waals surface area contributed by atoms with Crippen LogP contribution in [0.3, 0.4) is 0 Å². The predicted octanol–water partition coefficient (Wildman–Crippen LogP) is 3.51. The molecule has 1 aromatic rings. The molecule has 0 bridgehead atoms. The predicted molar refractivity (Wildman–Crippen MR) is 76.4 cm³/mol. The summed E-state index contributed by atoms with van der Waals surface area (Å²) in [5.41, 5.74) is 1.05. The number of benzene rings is 1. The van der Waals surface area contributed by atoms with Crippen molar-refractivity contribution >= 4 is 0 Å². The topological polar surface area (TPSA) is 51.5 Å². The summed E-state index contributed by atoms with van der Waals surface area (Å²) in [4.78, 5) is 0. The minimum absolute atomic E-state index is 0.0516. The number of nitriles is 1. The molecule has 0 spiro atoms. The molecule has 108 valence electrons. The smallest absolute Gasteiger partial charge is 0.203 e. The van der Waals surface area contributed by atoms with E-state index in [1.165, 1.54) is 0 Å². The van der Waals surface area contributed by atoms with Gasteiger partial charge >= 0.3 is 0 Å². The molecule has 1 fully saturated rings. The summed E-state index contributed by atoms with van der Waals surface area (Å²) in [6.07, 6.45) is 4.26. The van der Waals surface area contributed by atoms with Crippen LogP contribution in [-0.4, -0.2) is 21.3 Å². The maximum atomic E-state index is 9.37. The Morgan fingerprint density at radius 2 is 1.70 bits per heavy atom. The average molecular weight is 275 g/mol. The summed E-state index contributed by atoms with van der Waals surface area (Å²) in [6, 6.07) is 6.33. The highest BCUT2D eigenvalue weighted by Crippen LogP contribution is 2.47. The van der Waals surface area contributed by atoms with E-state index in [2.05, 4.69) is 6.07 Å². The van der Waals surface area contributed by atoms with Gasteiger partial charge in [-0.05, 0) is 18.9 Å². The van der Waals surface area contributed by atoms with Gasteiger partial charge in [0.15, 0.2) is 11.5 Å². The lowest BCUT2D eigenvalue weighted by Gasteiger charge is -2.29. The minimum Gasteiger partial charge on any atom is -0.493 e. The van der Waals surface area contributed by atoms with Crippen molar-refractivity contribution in [2.45, 2.75) is 31.6 Å². The Bertz CT molecular complexity index is 507. The summed E-state index contributed by atoms with van der Waals surface area (Å²) < 4.78 is 16.3. The third-order valence-electron chi connectivity index (χ3n) is 4.07. The van der Waals surface area contributed by atoms with Crippen LogP contribution in [-0.2, 0) is 0 Å². The zero-order chi connectivity index (χ0) is 14.5. The molecule has 1 aliphatic rings. The molecule has 0 heterocycles. The molecule has 0 amide bonds. The highest BCUT2D eigenvalue weighted by molar-refractivity contribution is 5.57. The maximum absolute atomic E-state index is 9.37. The van der Waals surface area contributed by atoms with Crippen molar-refractivity contribution < 1.29 is 14.2 Å². The molecule has 0 radical (unpaired) electrons. The summed E-state index contributed by atoms with van der Waals surface area (Å²) in [5, 5.41) is 9.37. The molecule has 0 N–H and O–H groups in total. The van der Waals surface area contributed by atoms with Gasteiger partial charge < -0.3 is 14.2 Å². The van der Waals surface area contributed by atoms with Crippen molar-refractivity contribution in [2.75, 3.05) is 21.3 Å². The van der Waals surface area contributed by atoms with Crippen molar-refractivity contribution in [3.8, 4) is 23.3 Å². The highest BCUT2D eigenvalue weighted by Gasteiger charge is 2.30. The van der Waals surface area contributed by atoms with E-state index in [4.69, 9.17) is 14.2 Å². The number of methoxy groups -OCH3 is 3. The van der Waals surface area contributed by atoms with E-state index in [1.807, 2.05) is 12.1 Å². The van der Waals surface area contributed by atoms with Gasteiger partial charge in [0.05, 0.1) is 33.3 Å². The third-order valence-corrected chi connectivity index (χ3v) is 4.07. The molecule has 2 atom stereocenters. The number of rotatable bonds is 4. The fraction of sp³-hybridized carbons (Fsp3) is 0.562. The molecule has 4 heteroatoms. The Hall–Kier alpha value is -1.89. The van der Waals surface area contributed by atoms with Crippen molar-refractivity contribution in [1.82, 2.24) is 0 Å². The Kier molecular flexibility index (Phi) is 4.73. The molecule has 0 unspecified atom stereocenters. The van der Waals surface area contributed by atoms with E-state index in [0.29, 0.717) is 17.2 Å². The number of hydrogen-bond donors (Lipinski definition) is 0. The maximum Gasteiger partial charge on any atom is 0.203 e. The van der Waals surface area contributed by atoms with Crippen LogP contribution in [0.25, 0.3) is 0 Å². The number of nitrogens with zero attached hydrogens (tertiary/aromatic N) is 1. The van der Waals surface area contributed by atoms with E-state index in [-0.39, 0.29) is 11.8 Å². The van der Waals surface area contributed by atoms with Gasteiger partial charge in [-0.1, -0.05) is 18.9 Å². The fourth-order valence-electron chi connectivity index (χ4n) is 3.07. The zero-order valence-electron chi connectivity index (χ0n) is 12.3. The second kappa shape index (κ2) is 6.51. The van der Waals surface area contributed by atoms with Crippen LogP contribution in [0.2, 0.25) is 0 Å². The van der Waals surface area contributed by atoms with Crippen LogP contribution in [0.5, 0.6) is 17.2 Å². The molecule has 1 aliphatic carbocycles. The van der Waals surface area contributed by atoms with Crippen LogP contribution in [0, 0.1) is 17.2 Å².